The predicted molar refractivity (Wildman–Crippen MR) is 81.0 cm³/mol. The third-order valence-corrected chi connectivity index (χ3v) is 4.13. The lowest BCUT2D eigenvalue weighted by molar-refractivity contribution is -0.122. The summed E-state index contributed by atoms with van der Waals surface area (Å²) in [6.45, 7) is 0.771. The molecule has 1 atom stereocenters. The van der Waals surface area contributed by atoms with Crippen LogP contribution in [-0.4, -0.2) is 42.6 Å². The van der Waals surface area contributed by atoms with Gasteiger partial charge in [0.05, 0.1) is 16.6 Å². The molecule has 0 aliphatic carbocycles. The molecule has 0 saturated carbocycles. The Balaban J connectivity index is 1.69. The maximum atomic E-state index is 11.8. The predicted octanol–water partition coefficient (Wildman–Crippen LogP) is 0.849. The summed E-state index contributed by atoms with van der Waals surface area (Å²) in [5, 5.41) is 9.01. The number of amides is 2. The Bertz CT molecular complexity index is 492. The lowest BCUT2D eigenvalue weighted by atomic mass is 10.2. The summed E-state index contributed by atoms with van der Waals surface area (Å²) in [5.74, 6) is 1.33. The van der Waals surface area contributed by atoms with Crippen LogP contribution in [-0.2, 0) is 4.79 Å². The summed E-state index contributed by atoms with van der Waals surface area (Å²) >= 11 is 7.62. The average Bonchev–Trinajstić information content (AvgIpc) is 2.98. The van der Waals surface area contributed by atoms with Crippen LogP contribution in [0.2, 0.25) is 5.02 Å². The number of hydrogen-bond acceptors (Lipinski definition) is 4. The highest BCUT2D eigenvalue weighted by molar-refractivity contribution is 7.99. The number of hydrogen-bond donors (Lipinski definition) is 3. The number of carbonyl (C=O) groups is 2. The molecule has 0 radical (unpaired) electrons. The average molecular weight is 314 g/mol. The van der Waals surface area contributed by atoms with E-state index in [1.165, 1.54) is 0 Å². The van der Waals surface area contributed by atoms with Gasteiger partial charge >= 0.3 is 0 Å². The maximum absolute atomic E-state index is 11.8. The van der Waals surface area contributed by atoms with Crippen molar-refractivity contribution in [2.24, 2.45) is 0 Å². The smallest absolute Gasteiger partial charge is 0.252 e. The molecule has 2 amide bonds. The van der Waals surface area contributed by atoms with E-state index in [1.54, 1.807) is 36.0 Å². The molecule has 20 heavy (non-hydrogen) atoms. The Morgan fingerprint density at radius 3 is 2.75 bits per heavy atom. The zero-order valence-corrected chi connectivity index (χ0v) is 12.4. The molecule has 1 aromatic rings. The first-order valence-electron chi connectivity index (χ1n) is 6.30. The molecule has 1 saturated heterocycles. The lowest BCUT2D eigenvalue weighted by Crippen LogP contribution is -2.44. The van der Waals surface area contributed by atoms with Crippen LogP contribution < -0.4 is 16.0 Å². The lowest BCUT2D eigenvalue weighted by Gasteiger charge is -2.11. The number of thioether (sulfide) groups is 1. The SMILES string of the molecule is O=C(NCCNC(=O)C1CSCN1)c1ccccc1Cl. The van der Waals surface area contributed by atoms with Crippen molar-refractivity contribution in [3.8, 4) is 0 Å². The van der Waals surface area contributed by atoms with Crippen molar-refractivity contribution in [2.45, 2.75) is 6.04 Å². The second-order valence-corrected chi connectivity index (χ2v) is 5.74. The summed E-state index contributed by atoms with van der Waals surface area (Å²) < 4.78 is 0. The Morgan fingerprint density at radius 1 is 1.30 bits per heavy atom. The van der Waals surface area contributed by atoms with Gasteiger partial charge in [-0.3, -0.25) is 14.9 Å². The molecule has 108 valence electrons. The zero-order valence-electron chi connectivity index (χ0n) is 10.8. The Hall–Kier alpha value is -1.24. The second kappa shape index (κ2) is 7.52. The monoisotopic (exact) mass is 313 g/mol. The molecule has 2 rings (SSSR count). The van der Waals surface area contributed by atoms with E-state index in [2.05, 4.69) is 16.0 Å². The van der Waals surface area contributed by atoms with E-state index in [-0.39, 0.29) is 17.9 Å². The van der Waals surface area contributed by atoms with E-state index in [0.717, 1.165) is 11.6 Å². The van der Waals surface area contributed by atoms with Crippen molar-refractivity contribution in [2.75, 3.05) is 24.7 Å². The van der Waals surface area contributed by atoms with Crippen LogP contribution in [0, 0.1) is 0 Å². The summed E-state index contributed by atoms with van der Waals surface area (Å²) in [6.07, 6.45) is 0. The fraction of sp³-hybridized carbons (Fsp3) is 0.385. The highest BCUT2D eigenvalue weighted by atomic mass is 35.5. The third kappa shape index (κ3) is 4.13. The molecule has 0 spiro atoms. The number of rotatable bonds is 5. The van der Waals surface area contributed by atoms with Gasteiger partial charge in [-0.1, -0.05) is 23.7 Å². The van der Waals surface area contributed by atoms with Gasteiger partial charge in [-0.15, -0.1) is 11.8 Å². The van der Waals surface area contributed by atoms with Gasteiger partial charge in [-0.25, -0.2) is 0 Å². The van der Waals surface area contributed by atoms with Gasteiger partial charge in [0.1, 0.15) is 0 Å². The molecule has 1 heterocycles. The first kappa shape index (κ1) is 15.2. The minimum Gasteiger partial charge on any atom is -0.353 e. The van der Waals surface area contributed by atoms with Crippen LogP contribution in [0.25, 0.3) is 0 Å². The molecule has 1 unspecified atom stereocenters. The highest BCUT2D eigenvalue weighted by Crippen LogP contribution is 2.14. The fourth-order valence-electron chi connectivity index (χ4n) is 1.79. The normalized spacial score (nSPS) is 17.8. The van der Waals surface area contributed by atoms with E-state index in [9.17, 15) is 9.59 Å². The van der Waals surface area contributed by atoms with Crippen LogP contribution in [0.1, 0.15) is 10.4 Å². The minimum atomic E-state index is -0.237. The Labute approximate surface area is 126 Å². The van der Waals surface area contributed by atoms with Crippen LogP contribution >= 0.6 is 23.4 Å². The van der Waals surface area contributed by atoms with Crippen molar-refractivity contribution in [3.05, 3.63) is 34.9 Å². The van der Waals surface area contributed by atoms with Crippen LogP contribution in [0.5, 0.6) is 0 Å². The number of nitrogens with one attached hydrogen (secondary N) is 3. The minimum absolute atomic E-state index is 0.0259. The van der Waals surface area contributed by atoms with Crippen molar-refractivity contribution in [1.29, 1.82) is 0 Å². The van der Waals surface area contributed by atoms with Gasteiger partial charge < -0.3 is 10.6 Å². The number of benzene rings is 1. The van der Waals surface area contributed by atoms with Gasteiger partial charge in [0.2, 0.25) is 5.91 Å². The van der Waals surface area contributed by atoms with E-state index in [4.69, 9.17) is 11.6 Å². The number of carbonyl (C=O) groups excluding carboxylic acids is 2. The molecule has 5 nitrogen and oxygen atoms in total. The highest BCUT2D eigenvalue weighted by Gasteiger charge is 2.21. The molecule has 3 N–H and O–H groups in total. The van der Waals surface area contributed by atoms with Crippen molar-refractivity contribution in [1.82, 2.24) is 16.0 Å². The molecule has 1 aromatic carbocycles. The molecule has 0 aromatic heterocycles. The van der Waals surface area contributed by atoms with Crippen LogP contribution in [0.3, 0.4) is 0 Å². The molecule has 0 bridgehead atoms. The zero-order chi connectivity index (χ0) is 14.4. The number of halogens is 1. The molecular formula is C13H16ClN3O2S. The summed E-state index contributed by atoms with van der Waals surface area (Å²) in [6, 6.07) is 6.73. The van der Waals surface area contributed by atoms with Crippen LogP contribution in [0.15, 0.2) is 24.3 Å². The third-order valence-electron chi connectivity index (χ3n) is 2.86. The summed E-state index contributed by atoms with van der Waals surface area (Å²) in [7, 11) is 0. The van der Waals surface area contributed by atoms with Gasteiger partial charge in [-0.2, -0.15) is 0 Å². The van der Waals surface area contributed by atoms with E-state index in [1.807, 2.05) is 0 Å². The van der Waals surface area contributed by atoms with Crippen molar-refractivity contribution < 1.29 is 9.59 Å². The second-order valence-electron chi connectivity index (χ2n) is 4.30. The van der Waals surface area contributed by atoms with Crippen molar-refractivity contribution in [3.63, 3.8) is 0 Å². The van der Waals surface area contributed by atoms with Gasteiger partial charge in [0.15, 0.2) is 0 Å². The first-order chi connectivity index (χ1) is 9.68. The van der Waals surface area contributed by atoms with E-state index < -0.39 is 0 Å². The van der Waals surface area contributed by atoms with Crippen molar-refractivity contribution >= 4 is 35.2 Å². The largest absolute Gasteiger partial charge is 0.353 e. The standard InChI is InChI=1S/C13H16ClN3O2S/c14-10-4-2-1-3-9(10)12(18)15-5-6-16-13(19)11-7-20-8-17-11/h1-4,11,17H,5-8H2,(H,15,18)(H,16,19). The van der Waals surface area contributed by atoms with E-state index in [0.29, 0.717) is 23.7 Å². The summed E-state index contributed by atoms with van der Waals surface area (Å²) in [5.41, 5.74) is 0.439. The maximum Gasteiger partial charge on any atom is 0.252 e. The van der Waals surface area contributed by atoms with Crippen LogP contribution in [0.4, 0.5) is 0 Å². The fourth-order valence-corrected chi connectivity index (χ4v) is 2.95. The van der Waals surface area contributed by atoms with Gasteiger partial charge in [-0.05, 0) is 12.1 Å². The quantitative estimate of drug-likeness (QED) is 0.705. The molecule has 1 aliphatic heterocycles. The van der Waals surface area contributed by atoms with Gasteiger partial charge in [0.25, 0.3) is 5.91 Å². The van der Waals surface area contributed by atoms with E-state index >= 15 is 0 Å². The molecule has 7 heteroatoms. The molecule has 1 aliphatic rings. The Morgan fingerprint density at radius 2 is 2.05 bits per heavy atom. The summed E-state index contributed by atoms with van der Waals surface area (Å²) in [4.78, 5) is 23.5. The Kier molecular flexibility index (Phi) is 5.70. The molecule has 1 fully saturated rings. The molecular weight excluding hydrogens is 298 g/mol. The topological polar surface area (TPSA) is 70.2 Å². The first-order valence-corrected chi connectivity index (χ1v) is 7.83. The van der Waals surface area contributed by atoms with Gasteiger partial charge in [0, 0.05) is 24.7 Å².